The number of nitrogens with one attached hydrogen (secondary N) is 1. The minimum absolute atomic E-state index is 0.0801. The van der Waals surface area contributed by atoms with E-state index in [2.05, 4.69) is 50.4 Å². The number of rotatable bonds is 49. The van der Waals surface area contributed by atoms with Crippen molar-refractivity contribution in [3.05, 3.63) is 24.3 Å². The molecule has 0 aromatic heterocycles. The second-order valence-corrected chi connectivity index (χ2v) is 18.6. The lowest BCUT2D eigenvalue weighted by Crippen LogP contribution is -2.46. The number of hydrogen-bond donors (Lipinski definition) is 3. The third-order valence-electron chi connectivity index (χ3n) is 12.5. The molecule has 0 aromatic rings. The molecule has 0 rings (SSSR count). The van der Waals surface area contributed by atoms with Crippen molar-refractivity contribution < 1.29 is 24.5 Å². The molecule has 0 spiro atoms. The zero-order valence-electron chi connectivity index (χ0n) is 41.1. The number of esters is 1. The maximum absolute atomic E-state index is 13.2. The summed E-state index contributed by atoms with van der Waals surface area (Å²) in [7, 11) is 0. The largest absolute Gasteiger partial charge is 0.462 e. The summed E-state index contributed by atoms with van der Waals surface area (Å²) < 4.78 is 5.95. The van der Waals surface area contributed by atoms with Gasteiger partial charge >= 0.3 is 5.97 Å². The van der Waals surface area contributed by atoms with Gasteiger partial charge in [0.05, 0.1) is 25.2 Å². The lowest BCUT2D eigenvalue weighted by atomic mass is 10.0. The first-order valence-corrected chi connectivity index (χ1v) is 27.1. The van der Waals surface area contributed by atoms with Crippen LogP contribution in [-0.4, -0.2) is 46.9 Å². The van der Waals surface area contributed by atoms with Crippen LogP contribution in [0.15, 0.2) is 24.3 Å². The second-order valence-electron chi connectivity index (χ2n) is 18.6. The van der Waals surface area contributed by atoms with Gasteiger partial charge in [-0.1, -0.05) is 244 Å². The Morgan fingerprint density at radius 3 is 1.28 bits per heavy atom. The first-order valence-electron chi connectivity index (χ1n) is 27.1. The Bertz CT molecular complexity index is 966. The molecule has 61 heavy (non-hydrogen) atoms. The van der Waals surface area contributed by atoms with Crippen molar-refractivity contribution in [1.29, 1.82) is 0 Å². The monoisotopic (exact) mass is 860 g/mol. The van der Waals surface area contributed by atoms with E-state index in [0.29, 0.717) is 19.3 Å². The van der Waals surface area contributed by atoms with Crippen molar-refractivity contribution in [3.63, 3.8) is 0 Å². The number of aliphatic hydroxyl groups is 2. The van der Waals surface area contributed by atoms with Gasteiger partial charge in [0, 0.05) is 6.42 Å². The maximum atomic E-state index is 13.2. The molecule has 3 N–H and O–H groups in total. The Kier molecular flexibility index (Phi) is 48.0. The molecule has 0 radical (unpaired) electrons. The summed E-state index contributed by atoms with van der Waals surface area (Å²) in [5, 5.41) is 23.7. The van der Waals surface area contributed by atoms with Crippen LogP contribution < -0.4 is 5.32 Å². The van der Waals surface area contributed by atoms with Gasteiger partial charge in [-0.15, -0.1) is 0 Å². The first-order chi connectivity index (χ1) is 30.0. The minimum atomic E-state index is -0.784. The van der Waals surface area contributed by atoms with Gasteiger partial charge in [0.25, 0.3) is 0 Å². The molecule has 0 saturated carbocycles. The van der Waals surface area contributed by atoms with Crippen molar-refractivity contribution in [2.75, 3.05) is 6.61 Å². The molecule has 6 nitrogen and oxygen atoms in total. The average molecular weight is 860 g/mol. The summed E-state index contributed by atoms with van der Waals surface area (Å²) in [6.07, 6.45) is 56.7. The Morgan fingerprint density at radius 1 is 0.475 bits per heavy atom. The molecular weight excluding hydrogens is 755 g/mol. The first kappa shape index (κ1) is 59.3. The van der Waals surface area contributed by atoms with Crippen LogP contribution in [0.3, 0.4) is 0 Å². The number of amides is 1. The van der Waals surface area contributed by atoms with Gasteiger partial charge in [-0.25, -0.2) is 0 Å². The number of hydrogen-bond acceptors (Lipinski definition) is 5. The Morgan fingerprint density at radius 2 is 0.836 bits per heavy atom. The highest BCUT2D eigenvalue weighted by Crippen LogP contribution is 2.18. The van der Waals surface area contributed by atoms with Crippen LogP contribution in [-0.2, 0) is 14.3 Å². The SMILES string of the molecule is CCCCC/C=C\C/C=C\CCCCCCCCCC(=O)OC(CCCCCCCCCCCCCCCCC)CC(=O)NC(CO)C(O)CCCCCCCCCCCC. The number of unbranched alkanes of at least 4 members (excludes halogenated alkanes) is 33. The van der Waals surface area contributed by atoms with Crippen LogP contribution in [0.5, 0.6) is 0 Å². The van der Waals surface area contributed by atoms with Crippen molar-refractivity contribution in [2.45, 2.75) is 309 Å². The third-order valence-corrected chi connectivity index (χ3v) is 12.5. The molecule has 6 heteroatoms. The highest BCUT2D eigenvalue weighted by Gasteiger charge is 2.24. The van der Waals surface area contributed by atoms with Crippen LogP contribution >= 0.6 is 0 Å². The zero-order chi connectivity index (χ0) is 44.5. The third kappa shape index (κ3) is 44.7. The summed E-state index contributed by atoms with van der Waals surface area (Å²) in [6, 6.07) is -0.697. The molecule has 0 aliphatic rings. The molecule has 0 bridgehead atoms. The van der Waals surface area contributed by atoms with E-state index in [0.717, 1.165) is 57.8 Å². The van der Waals surface area contributed by atoms with E-state index in [-0.39, 0.29) is 24.9 Å². The summed E-state index contributed by atoms with van der Waals surface area (Å²) in [4.78, 5) is 26.2. The van der Waals surface area contributed by atoms with Crippen LogP contribution in [0.25, 0.3) is 0 Å². The number of allylic oxidation sites excluding steroid dienone is 4. The Labute approximate surface area is 380 Å². The smallest absolute Gasteiger partial charge is 0.306 e. The van der Waals surface area contributed by atoms with Crippen LogP contribution in [0, 0.1) is 0 Å². The summed E-state index contributed by atoms with van der Waals surface area (Å²) in [5.41, 5.74) is 0. The molecule has 0 aliphatic heterocycles. The number of ether oxygens (including phenoxy) is 1. The molecule has 0 heterocycles. The topological polar surface area (TPSA) is 95.9 Å². The van der Waals surface area contributed by atoms with Crippen LogP contribution in [0.1, 0.15) is 290 Å². The minimum Gasteiger partial charge on any atom is -0.462 e. The molecule has 360 valence electrons. The molecule has 3 unspecified atom stereocenters. The van der Waals surface area contributed by atoms with Crippen LogP contribution in [0.4, 0.5) is 0 Å². The van der Waals surface area contributed by atoms with Gasteiger partial charge in [-0.3, -0.25) is 9.59 Å². The second kappa shape index (κ2) is 49.4. The van der Waals surface area contributed by atoms with Crippen molar-refractivity contribution >= 4 is 11.9 Å². The fourth-order valence-electron chi connectivity index (χ4n) is 8.40. The number of carbonyl (C=O) groups excluding carboxylic acids is 2. The van der Waals surface area contributed by atoms with Gasteiger partial charge < -0.3 is 20.3 Å². The molecule has 1 amide bonds. The van der Waals surface area contributed by atoms with Gasteiger partial charge in [0.1, 0.15) is 6.10 Å². The van der Waals surface area contributed by atoms with E-state index in [1.807, 2.05) is 0 Å². The maximum Gasteiger partial charge on any atom is 0.306 e. The van der Waals surface area contributed by atoms with Gasteiger partial charge in [0.15, 0.2) is 0 Å². The quantitative estimate of drug-likeness (QED) is 0.0322. The Hall–Kier alpha value is -1.66. The van der Waals surface area contributed by atoms with Crippen molar-refractivity contribution in [1.82, 2.24) is 5.32 Å². The fourth-order valence-corrected chi connectivity index (χ4v) is 8.40. The normalized spacial score (nSPS) is 13.3. The molecule has 0 saturated heterocycles. The number of aliphatic hydroxyl groups excluding tert-OH is 2. The predicted octanol–water partition coefficient (Wildman–Crippen LogP) is 16.3. The molecule has 3 atom stereocenters. The van der Waals surface area contributed by atoms with E-state index in [9.17, 15) is 19.8 Å². The highest BCUT2D eigenvalue weighted by molar-refractivity contribution is 5.77. The number of carbonyl (C=O) groups is 2. The molecule has 0 fully saturated rings. The molecule has 0 aliphatic carbocycles. The summed E-state index contributed by atoms with van der Waals surface area (Å²) in [6.45, 7) is 6.47. The standard InChI is InChI=1S/C55H105NO5/c1-4-7-10-13-16-19-22-24-26-27-29-31-33-36-39-42-45-48-55(60)61-51(46-43-40-37-34-32-30-28-25-23-20-17-14-11-8-5-2)49-54(59)56-52(50-57)53(58)47-44-41-38-35-21-18-15-12-9-6-3/h16,19,24,26,51-53,57-58H,4-15,17-18,20-23,25,27-50H2,1-3H3,(H,56,59)/b19-16-,26-24-. The zero-order valence-corrected chi connectivity index (χ0v) is 41.1. The fraction of sp³-hybridized carbons (Fsp3) is 0.891. The van der Waals surface area contributed by atoms with Gasteiger partial charge in [-0.2, -0.15) is 0 Å². The highest BCUT2D eigenvalue weighted by atomic mass is 16.5. The van der Waals surface area contributed by atoms with Gasteiger partial charge in [-0.05, 0) is 57.8 Å². The van der Waals surface area contributed by atoms with E-state index in [1.54, 1.807) is 0 Å². The molecule has 0 aromatic carbocycles. The predicted molar refractivity (Wildman–Crippen MR) is 264 cm³/mol. The van der Waals surface area contributed by atoms with Gasteiger partial charge in [0.2, 0.25) is 5.91 Å². The summed E-state index contributed by atoms with van der Waals surface area (Å²) in [5.74, 6) is -0.467. The van der Waals surface area contributed by atoms with Crippen molar-refractivity contribution in [2.24, 2.45) is 0 Å². The van der Waals surface area contributed by atoms with E-state index in [1.165, 1.54) is 186 Å². The lowest BCUT2D eigenvalue weighted by molar-refractivity contribution is -0.151. The van der Waals surface area contributed by atoms with Crippen molar-refractivity contribution in [3.8, 4) is 0 Å². The molecular formula is C55H105NO5. The summed E-state index contributed by atoms with van der Waals surface area (Å²) >= 11 is 0. The lowest BCUT2D eigenvalue weighted by Gasteiger charge is -2.24. The van der Waals surface area contributed by atoms with E-state index >= 15 is 0 Å². The Balaban J connectivity index is 4.54. The van der Waals surface area contributed by atoms with E-state index in [4.69, 9.17) is 4.74 Å². The van der Waals surface area contributed by atoms with E-state index < -0.39 is 18.2 Å². The van der Waals surface area contributed by atoms with Crippen LogP contribution in [0.2, 0.25) is 0 Å². The average Bonchev–Trinajstić information content (AvgIpc) is 3.25.